The number of thiol groups is 1. The number of carbonyl (C=O) groups excluding carboxylic acids is 1. The summed E-state index contributed by atoms with van der Waals surface area (Å²) < 4.78 is 0. The van der Waals surface area contributed by atoms with Crippen molar-refractivity contribution >= 4 is 24.2 Å². The SMILES string of the molecule is CC(C)Cc1ccc(N(C)C(=O)CCS)cc1. The summed E-state index contributed by atoms with van der Waals surface area (Å²) in [4.78, 5) is 13.4. The molecular weight excluding hydrogens is 230 g/mol. The van der Waals surface area contributed by atoms with Gasteiger partial charge in [-0.1, -0.05) is 26.0 Å². The number of nitrogens with zero attached hydrogens (tertiary/aromatic N) is 1. The Balaban J connectivity index is 2.70. The fourth-order valence-corrected chi connectivity index (χ4v) is 1.93. The molecule has 0 aromatic heterocycles. The monoisotopic (exact) mass is 251 g/mol. The lowest BCUT2D eigenvalue weighted by Crippen LogP contribution is -2.26. The average Bonchev–Trinajstić information content (AvgIpc) is 2.28. The molecule has 17 heavy (non-hydrogen) atoms. The van der Waals surface area contributed by atoms with Crippen LogP contribution in [0.2, 0.25) is 0 Å². The Hall–Kier alpha value is -0.960. The molecule has 0 aliphatic heterocycles. The van der Waals surface area contributed by atoms with Crippen molar-refractivity contribution in [2.45, 2.75) is 26.7 Å². The number of carbonyl (C=O) groups is 1. The minimum Gasteiger partial charge on any atom is -0.315 e. The molecule has 1 rings (SSSR count). The fourth-order valence-electron chi connectivity index (χ4n) is 1.73. The van der Waals surface area contributed by atoms with Crippen LogP contribution in [0.15, 0.2) is 24.3 Å². The summed E-state index contributed by atoms with van der Waals surface area (Å²) in [5, 5.41) is 0. The smallest absolute Gasteiger partial charge is 0.227 e. The van der Waals surface area contributed by atoms with Gasteiger partial charge in [0.15, 0.2) is 0 Å². The van der Waals surface area contributed by atoms with Gasteiger partial charge >= 0.3 is 0 Å². The zero-order chi connectivity index (χ0) is 12.8. The van der Waals surface area contributed by atoms with Crippen molar-refractivity contribution < 1.29 is 4.79 Å². The lowest BCUT2D eigenvalue weighted by Gasteiger charge is -2.17. The van der Waals surface area contributed by atoms with Crippen molar-refractivity contribution in [2.24, 2.45) is 5.92 Å². The quantitative estimate of drug-likeness (QED) is 0.797. The topological polar surface area (TPSA) is 20.3 Å². The third-order valence-corrected chi connectivity index (χ3v) is 2.89. The first-order valence-corrected chi connectivity index (χ1v) is 6.64. The highest BCUT2D eigenvalue weighted by Gasteiger charge is 2.09. The fraction of sp³-hybridized carbons (Fsp3) is 0.500. The molecular formula is C14H21NOS. The van der Waals surface area contributed by atoms with Crippen molar-refractivity contribution in [3.05, 3.63) is 29.8 Å². The van der Waals surface area contributed by atoms with Crippen molar-refractivity contribution in [3.63, 3.8) is 0 Å². The summed E-state index contributed by atoms with van der Waals surface area (Å²) in [6.45, 7) is 4.41. The van der Waals surface area contributed by atoms with E-state index >= 15 is 0 Å². The molecule has 0 spiro atoms. The standard InChI is InChI=1S/C14H21NOS/c1-11(2)10-12-4-6-13(7-5-12)15(3)14(16)8-9-17/h4-7,11,17H,8-10H2,1-3H3. The van der Waals surface area contributed by atoms with E-state index in [2.05, 4.69) is 38.6 Å². The van der Waals surface area contributed by atoms with Crippen LogP contribution in [0.1, 0.15) is 25.8 Å². The molecule has 3 heteroatoms. The molecule has 1 aromatic rings. The molecule has 0 aliphatic rings. The minimum atomic E-state index is 0.108. The van der Waals surface area contributed by atoms with E-state index in [0.717, 1.165) is 12.1 Å². The molecule has 94 valence electrons. The Labute approximate surface area is 109 Å². The molecule has 0 heterocycles. The highest BCUT2D eigenvalue weighted by molar-refractivity contribution is 7.80. The first-order valence-electron chi connectivity index (χ1n) is 6.01. The summed E-state index contributed by atoms with van der Waals surface area (Å²) in [6.07, 6.45) is 1.56. The molecule has 0 aliphatic carbocycles. The van der Waals surface area contributed by atoms with Crippen LogP contribution >= 0.6 is 12.6 Å². The molecule has 0 N–H and O–H groups in total. The van der Waals surface area contributed by atoms with Crippen molar-refractivity contribution in [2.75, 3.05) is 17.7 Å². The van der Waals surface area contributed by atoms with Crippen molar-refractivity contribution in [1.29, 1.82) is 0 Å². The van der Waals surface area contributed by atoms with E-state index < -0.39 is 0 Å². The number of benzene rings is 1. The third-order valence-electron chi connectivity index (χ3n) is 2.67. The molecule has 1 aromatic carbocycles. The summed E-state index contributed by atoms with van der Waals surface area (Å²) >= 11 is 4.07. The van der Waals surface area contributed by atoms with Gasteiger partial charge in [0, 0.05) is 19.2 Å². The predicted molar refractivity (Wildman–Crippen MR) is 76.9 cm³/mol. The summed E-state index contributed by atoms with van der Waals surface area (Å²) in [5.41, 5.74) is 2.27. The lowest BCUT2D eigenvalue weighted by molar-refractivity contribution is -0.117. The highest BCUT2D eigenvalue weighted by atomic mass is 32.1. The van der Waals surface area contributed by atoms with Gasteiger partial charge in [-0.3, -0.25) is 4.79 Å². The maximum Gasteiger partial charge on any atom is 0.227 e. The molecule has 2 nitrogen and oxygen atoms in total. The number of amides is 1. The second-order valence-corrected chi connectivity index (χ2v) is 5.14. The zero-order valence-corrected chi connectivity index (χ0v) is 11.7. The Morgan fingerprint density at radius 3 is 2.35 bits per heavy atom. The van der Waals surface area contributed by atoms with Crippen LogP contribution in [-0.4, -0.2) is 18.7 Å². The van der Waals surface area contributed by atoms with Crippen molar-refractivity contribution in [3.8, 4) is 0 Å². The number of rotatable bonds is 5. The van der Waals surface area contributed by atoms with Gasteiger partial charge in [-0.25, -0.2) is 0 Å². The van der Waals surface area contributed by atoms with E-state index in [0.29, 0.717) is 18.1 Å². The number of anilines is 1. The van der Waals surface area contributed by atoms with Crippen LogP contribution in [0.4, 0.5) is 5.69 Å². The first-order chi connectivity index (χ1) is 8.04. The van der Waals surface area contributed by atoms with Crippen LogP contribution in [0.3, 0.4) is 0 Å². The summed E-state index contributed by atoms with van der Waals surface area (Å²) in [7, 11) is 1.81. The second kappa shape index (κ2) is 6.70. The Morgan fingerprint density at radius 1 is 1.29 bits per heavy atom. The van der Waals surface area contributed by atoms with Crippen LogP contribution in [0.25, 0.3) is 0 Å². The largest absolute Gasteiger partial charge is 0.315 e. The Bertz CT molecular complexity index is 359. The van der Waals surface area contributed by atoms with Gasteiger partial charge < -0.3 is 4.90 Å². The second-order valence-electron chi connectivity index (χ2n) is 4.69. The van der Waals surface area contributed by atoms with Gasteiger partial charge in [0.25, 0.3) is 0 Å². The van der Waals surface area contributed by atoms with E-state index in [1.807, 2.05) is 19.2 Å². The Kier molecular flexibility index (Phi) is 5.56. The molecule has 1 amide bonds. The van der Waals surface area contributed by atoms with E-state index in [1.165, 1.54) is 5.56 Å². The van der Waals surface area contributed by atoms with Crippen LogP contribution in [0.5, 0.6) is 0 Å². The van der Waals surface area contributed by atoms with Gasteiger partial charge in [0.2, 0.25) is 5.91 Å². The Morgan fingerprint density at radius 2 is 1.88 bits per heavy atom. The first kappa shape index (κ1) is 14.1. The van der Waals surface area contributed by atoms with Crippen molar-refractivity contribution in [1.82, 2.24) is 0 Å². The maximum atomic E-state index is 11.7. The van der Waals surface area contributed by atoms with Gasteiger partial charge in [0.1, 0.15) is 0 Å². The molecule has 0 radical (unpaired) electrons. The average molecular weight is 251 g/mol. The maximum absolute atomic E-state index is 11.7. The van der Waals surface area contributed by atoms with E-state index in [9.17, 15) is 4.79 Å². The molecule has 0 saturated carbocycles. The molecule has 0 unspecified atom stereocenters. The highest BCUT2D eigenvalue weighted by Crippen LogP contribution is 2.16. The van der Waals surface area contributed by atoms with Crippen LogP contribution in [0, 0.1) is 5.92 Å². The third kappa shape index (κ3) is 4.43. The van der Waals surface area contributed by atoms with Gasteiger partial charge in [-0.05, 0) is 35.8 Å². The van der Waals surface area contributed by atoms with Gasteiger partial charge in [-0.2, -0.15) is 12.6 Å². The number of hydrogen-bond donors (Lipinski definition) is 1. The molecule has 0 fully saturated rings. The number of hydrogen-bond acceptors (Lipinski definition) is 2. The lowest BCUT2D eigenvalue weighted by atomic mass is 10.0. The minimum absolute atomic E-state index is 0.108. The van der Waals surface area contributed by atoms with E-state index in [1.54, 1.807) is 4.90 Å². The zero-order valence-electron chi connectivity index (χ0n) is 10.8. The van der Waals surface area contributed by atoms with Crippen LogP contribution in [-0.2, 0) is 11.2 Å². The summed E-state index contributed by atoms with van der Waals surface area (Å²) in [6, 6.07) is 8.21. The molecule has 0 atom stereocenters. The van der Waals surface area contributed by atoms with E-state index in [-0.39, 0.29) is 5.91 Å². The normalized spacial score (nSPS) is 10.6. The molecule has 0 saturated heterocycles. The molecule has 0 bridgehead atoms. The summed E-state index contributed by atoms with van der Waals surface area (Å²) in [5.74, 6) is 1.36. The van der Waals surface area contributed by atoms with E-state index in [4.69, 9.17) is 0 Å². The van der Waals surface area contributed by atoms with Gasteiger partial charge in [0.05, 0.1) is 0 Å². The van der Waals surface area contributed by atoms with Crippen LogP contribution < -0.4 is 4.90 Å². The predicted octanol–water partition coefficient (Wildman–Crippen LogP) is 3.17. The van der Waals surface area contributed by atoms with Gasteiger partial charge in [-0.15, -0.1) is 0 Å².